The van der Waals surface area contributed by atoms with Crippen LogP contribution in [0, 0.1) is 11.6 Å². The van der Waals surface area contributed by atoms with E-state index in [1.54, 1.807) is 18.2 Å². The molecule has 0 fully saturated rings. The van der Waals surface area contributed by atoms with Crippen molar-refractivity contribution in [2.45, 2.75) is 10.6 Å². The SMILES string of the molecule is Nc1cccc(CS(=O)(=O)c2ccc(F)c(F)c2)c1Br. The molecular formula is C13H10BrF2NO2S. The van der Waals surface area contributed by atoms with Crippen LogP contribution in [0.25, 0.3) is 0 Å². The van der Waals surface area contributed by atoms with Gasteiger partial charge in [0.1, 0.15) is 0 Å². The van der Waals surface area contributed by atoms with Crippen LogP contribution < -0.4 is 5.73 Å². The largest absolute Gasteiger partial charge is 0.398 e. The monoisotopic (exact) mass is 361 g/mol. The van der Waals surface area contributed by atoms with Gasteiger partial charge in [-0.25, -0.2) is 17.2 Å². The van der Waals surface area contributed by atoms with Crippen molar-refractivity contribution in [3.8, 4) is 0 Å². The van der Waals surface area contributed by atoms with Crippen LogP contribution in [0.3, 0.4) is 0 Å². The number of halogens is 3. The number of sulfone groups is 1. The lowest BCUT2D eigenvalue weighted by Crippen LogP contribution is -2.07. The Labute approximate surface area is 123 Å². The molecule has 0 bridgehead atoms. The summed E-state index contributed by atoms with van der Waals surface area (Å²) in [5.74, 6) is -2.64. The molecule has 2 rings (SSSR count). The number of benzene rings is 2. The summed E-state index contributed by atoms with van der Waals surface area (Å²) in [6, 6.07) is 7.33. The van der Waals surface area contributed by atoms with Gasteiger partial charge in [-0.1, -0.05) is 12.1 Å². The Morgan fingerprint density at radius 1 is 1.10 bits per heavy atom. The molecule has 2 aromatic carbocycles. The molecule has 0 aliphatic rings. The van der Waals surface area contributed by atoms with E-state index in [0.29, 0.717) is 21.8 Å². The third-order valence-corrected chi connectivity index (χ3v) is 5.33. The molecule has 2 aromatic rings. The van der Waals surface area contributed by atoms with Crippen LogP contribution in [-0.4, -0.2) is 8.42 Å². The molecule has 0 amide bonds. The summed E-state index contributed by atoms with van der Waals surface area (Å²) < 4.78 is 50.8. The number of anilines is 1. The van der Waals surface area contributed by atoms with Gasteiger partial charge >= 0.3 is 0 Å². The third-order valence-electron chi connectivity index (χ3n) is 2.70. The molecule has 0 unspecified atom stereocenters. The molecule has 0 spiro atoms. The van der Waals surface area contributed by atoms with Gasteiger partial charge in [0.05, 0.1) is 10.6 Å². The van der Waals surface area contributed by atoms with Crippen LogP contribution in [0.4, 0.5) is 14.5 Å². The van der Waals surface area contributed by atoms with Gasteiger partial charge in [0.25, 0.3) is 0 Å². The molecule has 0 aliphatic heterocycles. The van der Waals surface area contributed by atoms with Gasteiger partial charge in [-0.15, -0.1) is 0 Å². The highest BCUT2D eigenvalue weighted by molar-refractivity contribution is 9.10. The molecule has 7 heteroatoms. The van der Waals surface area contributed by atoms with Crippen molar-refractivity contribution in [3.63, 3.8) is 0 Å². The van der Waals surface area contributed by atoms with Gasteiger partial charge < -0.3 is 5.73 Å². The van der Waals surface area contributed by atoms with E-state index in [-0.39, 0.29) is 10.6 Å². The van der Waals surface area contributed by atoms with Gasteiger partial charge in [0.15, 0.2) is 21.5 Å². The van der Waals surface area contributed by atoms with Crippen molar-refractivity contribution >= 4 is 31.5 Å². The van der Waals surface area contributed by atoms with Gasteiger partial charge in [-0.05, 0) is 45.8 Å². The highest BCUT2D eigenvalue weighted by atomic mass is 79.9. The molecule has 3 nitrogen and oxygen atoms in total. The Morgan fingerprint density at radius 3 is 2.45 bits per heavy atom. The predicted octanol–water partition coefficient (Wildman–Crippen LogP) is 3.28. The maximum atomic E-state index is 13.1. The second-order valence-corrected chi connectivity index (χ2v) is 6.94. The van der Waals surface area contributed by atoms with Crippen LogP contribution in [0.1, 0.15) is 5.56 Å². The predicted molar refractivity (Wildman–Crippen MR) is 75.8 cm³/mol. The Balaban J connectivity index is 2.41. The first-order valence-corrected chi connectivity index (χ1v) is 7.96. The normalized spacial score (nSPS) is 11.6. The van der Waals surface area contributed by atoms with Crippen molar-refractivity contribution in [1.82, 2.24) is 0 Å². The summed E-state index contributed by atoms with van der Waals surface area (Å²) in [5, 5.41) is 0. The summed E-state index contributed by atoms with van der Waals surface area (Å²) in [5.41, 5.74) is 6.53. The van der Waals surface area contributed by atoms with Crippen LogP contribution in [-0.2, 0) is 15.6 Å². The fraction of sp³-hybridized carbons (Fsp3) is 0.0769. The lowest BCUT2D eigenvalue weighted by atomic mass is 10.2. The first kappa shape index (κ1) is 14.9. The van der Waals surface area contributed by atoms with E-state index in [0.717, 1.165) is 12.1 Å². The average molecular weight is 362 g/mol. The Morgan fingerprint density at radius 2 is 1.80 bits per heavy atom. The van der Waals surface area contributed by atoms with E-state index in [9.17, 15) is 17.2 Å². The molecule has 0 saturated carbocycles. The zero-order valence-corrected chi connectivity index (χ0v) is 12.5. The molecule has 0 heterocycles. The Kier molecular flexibility index (Phi) is 4.10. The van der Waals surface area contributed by atoms with Gasteiger partial charge in [-0.3, -0.25) is 0 Å². The Hall–Kier alpha value is -1.47. The maximum Gasteiger partial charge on any atom is 0.182 e. The number of hydrogen-bond donors (Lipinski definition) is 1. The van der Waals surface area contributed by atoms with E-state index in [4.69, 9.17) is 5.73 Å². The van der Waals surface area contributed by atoms with Crippen molar-refractivity contribution in [1.29, 1.82) is 0 Å². The first-order valence-electron chi connectivity index (χ1n) is 5.52. The summed E-state index contributed by atoms with van der Waals surface area (Å²) in [6.45, 7) is 0. The van der Waals surface area contributed by atoms with Crippen molar-refractivity contribution < 1.29 is 17.2 Å². The standard InChI is InChI=1S/C13H10BrF2NO2S/c14-13-8(2-1-3-12(13)17)7-20(18,19)9-4-5-10(15)11(16)6-9/h1-6H,7,17H2. The number of rotatable bonds is 3. The van der Waals surface area contributed by atoms with Crippen molar-refractivity contribution in [2.24, 2.45) is 0 Å². The minimum atomic E-state index is -3.78. The Bertz CT molecular complexity index is 763. The maximum absolute atomic E-state index is 13.1. The first-order chi connectivity index (χ1) is 9.31. The topological polar surface area (TPSA) is 60.2 Å². The lowest BCUT2D eigenvalue weighted by Gasteiger charge is -2.08. The van der Waals surface area contributed by atoms with Gasteiger partial charge in [0.2, 0.25) is 0 Å². The number of nitrogen functional groups attached to an aromatic ring is 1. The summed E-state index contributed by atoms with van der Waals surface area (Å²) in [6.07, 6.45) is 0. The zero-order chi connectivity index (χ0) is 14.9. The fourth-order valence-corrected chi connectivity index (χ4v) is 3.63. The molecular weight excluding hydrogens is 352 g/mol. The molecule has 106 valence electrons. The number of hydrogen-bond acceptors (Lipinski definition) is 3. The van der Waals surface area contributed by atoms with Crippen LogP contribution in [0.2, 0.25) is 0 Å². The van der Waals surface area contributed by atoms with E-state index < -0.39 is 21.5 Å². The van der Waals surface area contributed by atoms with E-state index in [2.05, 4.69) is 15.9 Å². The minimum Gasteiger partial charge on any atom is -0.398 e. The quantitative estimate of drug-likeness (QED) is 0.673. The second kappa shape index (κ2) is 5.49. The van der Waals surface area contributed by atoms with Crippen molar-refractivity contribution in [2.75, 3.05) is 5.73 Å². The molecule has 0 aromatic heterocycles. The number of nitrogens with two attached hydrogens (primary N) is 1. The van der Waals surface area contributed by atoms with Crippen LogP contribution >= 0.6 is 15.9 Å². The van der Waals surface area contributed by atoms with E-state index in [1.807, 2.05) is 0 Å². The highest BCUT2D eigenvalue weighted by Crippen LogP contribution is 2.27. The van der Waals surface area contributed by atoms with E-state index in [1.165, 1.54) is 0 Å². The zero-order valence-electron chi connectivity index (χ0n) is 10.1. The summed E-state index contributed by atoms with van der Waals surface area (Å²) in [4.78, 5) is -0.272. The van der Waals surface area contributed by atoms with Crippen molar-refractivity contribution in [3.05, 3.63) is 58.1 Å². The third kappa shape index (κ3) is 2.99. The highest BCUT2D eigenvalue weighted by Gasteiger charge is 2.19. The molecule has 0 atom stereocenters. The van der Waals surface area contributed by atoms with Gasteiger partial charge in [-0.2, -0.15) is 0 Å². The lowest BCUT2D eigenvalue weighted by molar-refractivity contribution is 0.504. The van der Waals surface area contributed by atoms with Crippen LogP contribution in [0.15, 0.2) is 45.8 Å². The summed E-state index contributed by atoms with van der Waals surface area (Å²) in [7, 11) is -3.78. The summed E-state index contributed by atoms with van der Waals surface area (Å²) >= 11 is 3.21. The minimum absolute atomic E-state index is 0.272. The smallest absolute Gasteiger partial charge is 0.182 e. The molecule has 0 radical (unpaired) electrons. The molecule has 20 heavy (non-hydrogen) atoms. The second-order valence-electron chi connectivity index (χ2n) is 4.16. The van der Waals surface area contributed by atoms with Gasteiger partial charge in [0, 0.05) is 10.2 Å². The molecule has 2 N–H and O–H groups in total. The molecule has 0 aliphatic carbocycles. The van der Waals surface area contributed by atoms with E-state index >= 15 is 0 Å². The van der Waals surface area contributed by atoms with Crippen LogP contribution in [0.5, 0.6) is 0 Å². The molecule has 0 saturated heterocycles. The fourth-order valence-electron chi connectivity index (χ4n) is 1.67. The average Bonchev–Trinajstić information content (AvgIpc) is 2.38.